The molecule has 0 aliphatic heterocycles. The zero-order valence-corrected chi connectivity index (χ0v) is 10.8. The van der Waals surface area contributed by atoms with Crippen molar-refractivity contribution in [3.8, 4) is 0 Å². The van der Waals surface area contributed by atoms with Crippen LogP contribution in [-0.4, -0.2) is 23.5 Å². The van der Waals surface area contributed by atoms with Crippen molar-refractivity contribution < 1.29 is 14.7 Å². The Hall–Kier alpha value is -1.06. The highest BCUT2D eigenvalue weighted by molar-refractivity contribution is 5.77. The molecule has 1 fully saturated rings. The lowest BCUT2D eigenvalue weighted by molar-refractivity contribution is -0.138. The number of carbonyl (C=O) groups excluding carboxylic acids is 1. The molecule has 0 bridgehead atoms. The molecule has 4 heteroatoms. The number of rotatable bonds is 7. The van der Waals surface area contributed by atoms with Crippen LogP contribution in [0.4, 0.5) is 0 Å². The van der Waals surface area contributed by atoms with E-state index in [0.717, 1.165) is 13.0 Å². The molecule has 4 nitrogen and oxygen atoms in total. The van der Waals surface area contributed by atoms with Crippen LogP contribution >= 0.6 is 0 Å². The van der Waals surface area contributed by atoms with Gasteiger partial charge in [0.25, 0.3) is 0 Å². The number of nitrogens with one attached hydrogen (secondary N) is 1. The van der Waals surface area contributed by atoms with Gasteiger partial charge in [-0.15, -0.1) is 0 Å². The van der Waals surface area contributed by atoms with E-state index >= 15 is 0 Å². The minimum absolute atomic E-state index is 0.0153. The SMILES string of the molecule is CCC1(CNC(=O)CC(C)CC(=O)O)CCC1. The minimum atomic E-state index is -0.839. The Morgan fingerprint density at radius 3 is 2.41 bits per heavy atom. The van der Waals surface area contributed by atoms with Crippen LogP contribution in [0.3, 0.4) is 0 Å². The van der Waals surface area contributed by atoms with Gasteiger partial charge in [-0.2, -0.15) is 0 Å². The van der Waals surface area contributed by atoms with E-state index in [4.69, 9.17) is 5.11 Å². The fourth-order valence-electron chi connectivity index (χ4n) is 2.38. The molecule has 1 atom stereocenters. The van der Waals surface area contributed by atoms with Gasteiger partial charge in [-0.1, -0.05) is 20.3 Å². The molecule has 1 unspecified atom stereocenters. The van der Waals surface area contributed by atoms with E-state index in [-0.39, 0.29) is 18.2 Å². The van der Waals surface area contributed by atoms with Crippen molar-refractivity contribution in [3.05, 3.63) is 0 Å². The van der Waals surface area contributed by atoms with Gasteiger partial charge >= 0.3 is 5.97 Å². The van der Waals surface area contributed by atoms with Crippen LogP contribution in [0.25, 0.3) is 0 Å². The molecule has 0 aromatic rings. The lowest BCUT2D eigenvalue weighted by atomic mass is 9.67. The molecule has 98 valence electrons. The van der Waals surface area contributed by atoms with Crippen LogP contribution in [-0.2, 0) is 9.59 Å². The molecule has 17 heavy (non-hydrogen) atoms. The molecule has 1 amide bonds. The summed E-state index contributed by atoms with van der Waals surface area (Å²) in [5, 5.41) is 11.6. The molecular formula is C13H23NO3. The minimum Gasteiger partial charge on any atom is -0.481 e. The molecule has 0 radical (unpaired) electrons. The first-order chi connectivity index (χ1) is 7.97. The van der Waals surface area contributed by atoms with E-state index in [9.17, 15) is 9.59 Å². The van der Waals surface area contributed by atoms with Gasteiger partial charge in [0.15, 0.2) is 0 Å². The summed E-state index contributed by atoms with van der Waals surface area (Å²) < 4.78 is 0. The molecule has 1 aliphatic carbocycles. The van der Waals surface area contributed by atoms with Gasteiger partial charge in [0.05, 0.1) is 0 Å². The van der Waals surface area contributed by atoms with Crippen LogP contribution in [0, 0.1) is 11.3 Å². The second-order valence-electron chi connectivity index (χ2n) is 5.39. The van der Waals surface area contributed by atoms with Crippen LogP contribution in [0.5, 0.6) is 0 Å². The summed E-state index contributed by atoms with van der Waals surface area (Å²) in [6, 6.07) is 0. The number of carboxylic acids is 1. The maximum Gasteiger partial charge on any atom is 0.303 e. The van der Waals surface area contributed by atoms with Gasteiger partial charge in [0.1, 0.15) is 0 Å². The summed E-state index contributed by atoms with van der Waals surface area (Å²) in [5.74, 6) is -0.945. The van der Waals surface area contributed by atoms with Crippen molar-refractivity contribution in [2.45, 2.75) is 52.4 Å². The van der Waals surface area contributed by atoms with Gasteiger partial charge in [-0.25, -0.2) is 0 Å². The van der Waals surface area contributed by atoms with E-state index in [1.165, 1.54) is 19.3 Å². The predicted molar refractivity (Wildman–Crippen MR) is 65.6 cm³/mol. The number of hydrogen-bond donors (Lipinski definition) is 2. The van der Waals surface area contributed by atoms with E-state index in [1.54, 1.807) is 6.92 Å². The predicted octanol–water partition coefficient (Wildman–Crippen LogP) is 2.18. The van der Waals surface area contributed by atoms with E-state index in [2.05, 4.69) is 12.2 Å². The fraction of sp³-hybridized carbons (Fsp3) is 0.846. The molecule has 0 saturated heterocycles. The third-order valence-electron chi connectivity index (χ3n) is 3.88. The maximum atomic E-state index is 11.6. The molecule has 2 N–H and O–H groups in total. The van der Waals surface area contributed by atoms with Crippen LogP contribution < -0.4 is 5.32 Å². The Bertz CT molecular complexity index is 279. The summed E-state index contributed by atoms with van der Waals surface area (Å²) in [7, 11) is 0. The number of aliphatic carboxylic acids is 1. The van der Waals surface area contributed by atoms with Gasteiger partial charge in [-0.05, 0) is 30.6 Å². The zero-order chi connectivity index (χ0) is 12.9. The second-order valence-corrected chi connectivity index (χ2v) is 5.39. The van der Waals surface area contributed by atoms with E-state index in [1.807, 2.05) is 0 Å². The highest BCUT2D eigenvalue weighted by atomic mass is 16.4. The molecule has 1 aliphatic rings. The summed E-state index contributed by atoms with van der Waals surface area (Å²) in [5.41, 5.74) is 0.325. The molecule has 0 heterocycles. The first-order valence-electron chi connectivity index (χ1n) is 6.46. The van der Waals surface area contributed by atoms with Crippen molar-refractivity contribution in [1.82, 2.24) is 5.32 Å². The molecule has 1 saturated carbocycles. The van der Waals surface area contributed by atoms with Gasteiger partial charge in [-0.3, -0.25) is 9.59 Å². The topological polar surface area (TPSA) is 66.4 Å². The first kappa shape index (κ1) is 14.0. The normalized spacial score (nSPS) is 19.2. The monoisotopic (exact) mass is 241 g/mol. The van der Waals surface area contributed by atoms with Crippen molar-refractivity contribution in [2.24, 2.45) is 11.3 Å². The highest BCUT2D eigenvalue weighted by Crippen LogP contribution is 2.43. The lowest BCUT2D eigenvalue weighted by Gasteiger charge is -2.41. The van der Waals surface area contributed by atoms with Gasteiger partial charge in [0.2, 0.25) is 5.91 Å². The summed E-state index contributed by atoms with van der Waals surface area (Å²) >= 11 is 0. The largest absolute Gasteiger partial charge is 0.481 e. The molecule has 0 spiro atoms. The smallest absolute Gasteiger partial charge is 0.303 e. The average molecular weight is 241 g/mol. The Morgan fingerprint density at radius 1 is 1.35 bits per heavy atom. The summed E-state index contributed by atoms with van der Waals surface area (Å²) in [6.07, 6.45) is 5.15. The quantitative estimate of drug-likeness (QED) is 0.718. The number of carbonyl (C=O) groups is 2. The average Bonchev–Trinajstić information content (AvgIpc) is 2.15. The van der Waals surface area contributed by atoms with Crippen molar-refractivity contribution in [3.63, 3.8) is 0 Å². The Balaban J connectivity index is 2.23. The van der Waals surface area contributed by atoms with E-state index < -0.39 is 5.97 Å². The molecular weight excluding hydrogens is 218 g/mol. The third-order valence-corrected chi connectivity index (χ3v) is 3.88. The van der Waals surface area contributed by atoms with Crippen LogP contribution in [0.1, 0.15) is 52.4 Å². The maximum absolute atomic E-state index is 11.6. The summed E-state index contributed by atoms with van der Waals surface area (Å²) in [4.78, 5) is 22.1. The van der Waals surface area contributed by atoms with Gasteiger partial charge in [0, 0.05) is 19.4 Å². The Morgan fingerprint density at radius 2 is 2.00 bits per heavy atom. The highest BCUT2D eigenvalue weighted by Gasteiger charge is 2.35. The molecule has 0 aromatic heterocycles. The van der Waals surface area contributed by atoms with Gasteiger partial charge < -0.3 is 10.4 Å². The fourth-order valence-corrected chi connectivity index (χ4v) is 2.38. The standard InChI is InChI=1S/C13H23NO3/c1-3-13(5-4-6-13)9-14-11(15)7-10(2)8-12(16)17/h10H,3-9H2,1-2H3,(H,14,15)(H,16,17). The van der Waals surface area contributed by atoms with Crippen molar-refractivity contribution >= 4 is 11.9 Å². The van der Waals surface area contributed by atoms with Crippen LogP contribution in [0.15, 0.2) is 0 Å². The van der Waals surface area contributed by atoms with Crippen LogP contribution in [0.2, 0.25) is 0 Å². The number of hydrogen-bond acceptors (Lipinski definition) is 2. The first-order valence-corrected chi connectivity index (χ1v) is 6.46. The molecule has 0 aromatic carbocycles. The third kappa shape index (κ3) is 4.36. The number of amides is 1. The Kier molecular flexibility index (Phi) is 4.97. The zero-order valence-electron chi connectivity index (χ0n) is 10.8. The Labute approximate surface area is 103 Å². The van der Waals surface area contributed by atoms with E-state index in [0.29, 0.717) is 11.8 Å². The summed E-state index contributed by atoms with van der Waals surface area (Å²) in [6.45, 7) is 4.72. The number of carboxylic acid groups (broad SMARTS) is 1. The second kappa shape index (κ2) is 6.03. The van der Waals surface area contributed by atoms with Crippen molar-refractivity contribution in [1.29, 1.82) is 0 Å². The van der Waals surface area contributed by atoms with Crippen molar-refractivity contribution in [2.75, 3.05) is 6.54 Å². The molecule has 1 rings (SSSR count). The lowest BCUT2D eigenvalue weighted by Crippen LogP contribution is -2.42.